The number of hydrogen-bond donors (Lipinski definition) is 0. The summed E-state index contributed by atoms with van der Waals surface area (Å²) in [6, 6.07) is 7.97. The second-order valence-corrected chi connectivity index (χ2v) is 12.8. The summed E-state index contributed by atoms with van der Waals surface area (Å²) in [7, 11) is 0.00408. The second-order valence-electron chi connectivity index (χ2n) is 7.97. The van der Waals surface area contributed by atoms with Crippen molar-refractivity contribution in [2.45, 2.75) is 64.1 Å². The Bertz CT molecular complexity index is 507. The minimum Gasteiger partial charge on any atom is -0.497 e. The van der Waals surface area contributed by atoms with E-state index >= 15 is 0 Å². The van der Waals surface area contributed by atoms with Gasteiger partial charge in [0.2, 0.25) is 0 Å². The molecule has 0 unspecified atom stereocenters. The van der Waals surface area contributed by atoms with Crippen LogP contribution < -0.4 is 4.74 Å². The molecule has 0 aromatic heterocycles. The van der Waals surface area contributed by atoms with Gasteiger partial charge in [-0.1, -0.05) is 32.9 Å². The van der Waals surface area contributed by atoms with Gasteiger partial charge in [-0.15, -0.1) is 0 Å². The molecular formula is C19H32O4Si. The molecule has 1 aromatic carbocycles. The van der Waals surface area contributed by atoms with Crippen molar-refractivity contribution in [1.82, 2.24) is 0 Å². The van der Waals surface area contributed by atoms with Crippen LogP contribution in [0.15, 0.2) is 24.3 Å². The first-order valence-electron chi connectivity index (χ1n) is 8.73. The molecule has 2 rings (SSSR count). The van der Waals surface area contributed by atoms with Gasteiger partial charge in [-0.25, -0.2) is 0 Å². The molecule has 1 aliphatic heterocycles. The third-order valence-electron chi connectivity index (χ3n) is 5.08. The van der Waals surface area contributed by atoms with Crippen LogP contribution in [0.3, 0.4) is 0 Å². The van der Waals surface area contributed by atoms with Gasteiger partial charge in [-0.2, -0.15) is 0 Å². The molecule has 24 heavy (non-hydrogen) atoms. The summed E-state index contributed by atoms with van der Waals surface area (Å²) in [4.78, 5) is 0. The van der Waals surface area contributed by atoms with Crippen molar-refractivity contribution in [3.05, 3.63) is 29.8 Å². The second kappa shape index (κ2) is 8.00. The smallest absolute Gasteiger partial charge is 0.192 e. The molecule has 1 aromatic rings. The maximum atomic E-state index is 6.21. The fourth-order valence-corrected chi connectivity index (χ4v) is 3.21. The highest BCUT2D eigenvalue weighted by molar-refractivity contribution is 6.74. The van der Waals surface area contributed by atoms with E-state index in [2.05, 4.69) is 33.9 Å². The van der Waals surface area contributed by atoms with E-state index in [0.29, 0.717) is 19.3 Å². The first-order chi connectivity index (χ1) is 11.2. The van der Waals surface area contributed by atoms with Crippen molar-refractivity contribution < 1.29 is 18.6 Å². The number of methoxy groups -OCH3 is 1. The van der Waals surface area contributed by atoms with Crippen molar-refractivity contribution in [2.75, 3.05) is 20.3 Å². The van der Waals surface area contributed by atoms with Gasteiger partial charge in [0, 0.05) is 6.61 Å². The van der Waals surface area contributed by atoms with Gasteiger partial charge in [-0.05, 0) is 42.2 Å². The lowest BCUT2D eigenvalue weighted by atomic mass is 10.2. The average molecular weight is 353 g/mol. The van der Waals surface area contributed by atoms with E-state index in [4.69, 9.17) is 18.6 Å². The normalized spacial score (nSPS) is 20.9. The van der Waals surface area contributed by atoms with Gasteiger partial charge >= 0.3 is 0 Å². The van der Waals surface area contributed by atoms with E-state index in [1.54, 1.807) is 7.11 Å². The minimum atomic E-state index is -1.67. The molecule has 136 valence electrons. The molecule has 1 saturated heterocycles. The van der Waals surface area contributed by atoms with Crippen LogP contribution in [-0.2, 0) is 20.5 Å². The summed E-state index contributed by atoms with van der Waals surface area (Å²) in [5, 5.41) is 0.249. The van der Waals surface area contributed by atoms with Crippen molar-refractivity contribution in [3.8, 4) is 5.75 Å². The first-order valence-corrected chi connectivity index (χ1v) is 11.6. The third-order valence-corrected chi connectivity index (χ3v) is 9.58. The highest BCUT2D eigenvalue weighted by Gasteiger charge is 2.43. The van der Waals surface area contributed by atoms with E-state index in [9.17, 15) is 0 Å². The summed E-state index contributed by atoms with van der Waals surface area (Å²) < 4.78 is 22.8. The van der Waals surface area contributed by atoms with Gasteiger partial charge < -0.3 is 18.6 Å². The summed E-state index contributed by atoms with van der Waals surface area (Å²) in [6.07, 6.45) is 1.48. The van der Waals surface area contributed by atoms with E-state index < -0.39 is 8.32 Å². The Balaban J connectivity index is 1.58. The Labute approximate surface area is 147 Å². The molecule has 0 saturated carbocycles. The first kappa shape index (κ1) is 19.4. The monoisotopic (exact) mass is 352 g/mol. The molecule has 5 heteroatoms. The Morgan fingerprint density at radius 3 is 2.33 bits per heavy atom. The molecule has 0 amide bonds. The fourth-order valence-electron chi connectivity index (χ4n) is 2.20. The van der Waals surface area contributed by atoms with E-state index in [1.165, 1.54) is 0 Å². The summed E-state index contributed by atoms with van der Waals surface area (Å²) in [6.45, 7) is 13.4. The van der Waals surface area contributed by atoms with E-state index in [-0.39, 0.29) is 11.1 Å². The molecule has 1 aliphatic rings. The lowest BCUT2D eigenvalue weighted by Gasteiger charge is -2.36. The lowest BCUT2D eigenvalue weighted by Crippen LogP contribution is -2.41. The van der Waals surface area contributed by atoms with Crippen LogP contribution in [0.5, 0.6) is 5.75 Å². The number of hydrogen-bond acceptors (Lipinski definition) is 4. The number of ether oxygens (including phenoxy) is 3. The van der Waals surface area contributed by atoms with Gasteiger partial charge in [-0.3, -0.25) is 0 Å². The minimum absolute atomic E-state index is 0.249. The molecule has 0 radical (unpaired) electrons. The Morgan fingerprint density at radius 2 is 1.75 bits per heavy atom. The maximum absolute atomic E-state index is 6.21. The predicted molar refractivity (Wildman–Crippen MR) is 99.1 cm³/mol. The Morgan fingerprint density at radius 1 is 1.08 bits per heavy atom. The average Bonchev–Trinajstić information content (AvgIpc) is 3.28. The zero-order chi connectivity index (χ0) is 17.8. The Kier molecular flexibility index (Phi) is 6.48. The number of epoxide rings is 1. The SMILES string of the molecule is COc1ccc(COCC[C@@H]2O[C@H]2CO[Si](C)(C)C(C)(C)C)cc1. The molecule has 0 aliphatic carbocycles. The summed E-state index contributed by atoms with van der Waals surface area (Å²) in [5.41, 5.74) is 1.16. The largest absolute Gasteiger partial charge is 0.497 e. The van der Waals surface area contributed by atoms with Gasteiger partial charge in [0.15, 0.2) is 8.32 Å². The topological polar surface area (TPSA) is 40.2 Å². The van der Waals surface area contributed by atoms with Gasteiger partial charge in [0.1, 0.15) is 11.9 Å². The summed E-state index contributed by atoms with van der Waals surface area (Å²) >= 11 is 0. The summed E-state index contributed by atoms with van der Waals surface area (Å²) in [5.74, 6) is 0.870. The van der Waals surface area contributed by atoms with Gasteiger partial charge in [0.25, 0.3) is 0 Å². The Hall–Kier alpha value is -0.883. The van der Waals surface area contributed by atoms with Crippen LogP contribution in [0.4, 0.5) is 0 Å². The van der Waals surface area contributed by atoms with Crippen LogP contribution >= 0.6 is 0 Å². The zero-order valence-corrected chi connectivity index (χ0v) is 16.9. The van der Waals surface area contributed by atoms with Crippen molar-refractivity contribution in [2.24, 2.45) is 0 Å². The molecule has 0 N–H and O–H groups in total. The van der Waals surface area contributed by atoms with Crippen molar-refractivity contribution >= 4 is 8.32 Å². The van der Waals surface area contributed by atoms with Crippen LogP contribution in [0.1, 0.15) is 32.8 Å². The maximum Gasteiger partial charge on any atom is 0.192 e. The standard InChI is InChI=1S/C19H32O4Si/c1-19(2,3)24(5,6)22-14-18-17(23-18)11-12-21-13-15-7-9-16(20-4)10-8-15/h7-10,17-18H,11-14H2,1-6H3/t17-,18-/m0/s1. The molecule has 2 atom stereocenters. The predicted octanol–water partition coefficient (Wildman–Crippen LogP) is 4.39. The van der Waals surface area contributed by atoms with E-state index in [1.807, 2.05) is 24.3 Å². The molecule has 0 spiro atoms. The molecule has 0 bridgehead atoms. The lowest BCUT2D eigenvalue weighted by molar-refractivity contribution is 0.113. The molecule has 1 fully saturated rings. The van der Waals surface area contributed by atoms with Crippen molar-refractivity contribution in [3.63, 3.8) is 0 Å². The van der Waals surface area contributed by atoms with Crippen LogP contribution in [0, 0.1) is 0 Å². The number of rotatable bonds is 9. The van der Waals surface area contributed by atoms with Crippen LogP contribution in [-0.4, -0.2) is 40.8 Å². The third kappa shape index (κ3) is 5.58. The highest BCUT2D eigenvalue weighted by Crippen LogP contribution is 2.38. The number of benzene rings is 1. The fraction of sp³-hybridized carbons (Fsp3) is 0.684. The van der Waals surface area contributed by atoms with Crippen LogP contribution in [0.2, 0.25) is 18.1 Å². The highest BCUT2D eigenvalue weighted by atomic mass is 28.4. The molecule has 1 heterocycles. The molecule has 4 nitrogen and oxygen atoms in total. The quantitative estimate of drug-likeness (QED) is 0.375. The molecular weight excluding hydrogens is 320 g/mol. The van der Waals surface area contributed by atoms with E-state index in [0.717, 1.165) is 24.3 Å². The zero-order valence-electron chi connectivity index (χ0n) is 15.9. The van der Waals surface area contributed by atoms with Crippen LogP contribution in [0.25, 0.3) is 0 Å². The van der Waals surface area contributed by atoms with Gasteiger partial charge in [0.05, 0.1) is 26.4 Å². The van der Waals surface area contributed by atoms with Crippen molar-refractivity contribution in [1.29, 1.82) is 0 Å².